The van der Waals surface area contributed by atoms with Crippen LogP contribution in [0.5, 0.6) is 0 Å². The highest BCUT2D eigenvalue weighted by Gasteiger charge is 2.08. The largest absolute Gasteiger partial charge is 0.370 e. The van der Waals surface area contributed by atoms with Gasteiger partial charge in [-0.05, 0) is 31.4 Å². The summed E-state index contributed by atoms with van der Waals surface area (Å²) in [6.45, 7) is 7.62. The van der Waals surface area contributed by atoms with Crippen LogP contribution >= 0.6 is 11.6 Å². The van der Waals surface area contributed by atoms with Gasteiger partial charge in [-0.25, -0.2) is 4.98 Å². The van der Waals surface area contributed by atoms with E-state index in [-0.39, 0.29) is 5.91 Å². The molecule has 5 heteroatoms. The minimum atomic E-state index is -0.112. The molecule has 0 aliphatic carbocycles. The Morgan fingerprint density at radius 2 is 2.17 bits per heavy atom. The first kappa shape index (κ1) is 14.8. The molecule has 1 aromatic heterocycles. The molecule has 1 rings (SSSR count). The third kappa shape index (κ3) is 4.92. The predicted octanol–water partition coefficient (Wildman–Crippen LogP) is 2.94. The van der Waals surface area contributed by atoms with E-state index < -0.39 is 0 Å². The molecule has 1 heterocycles. The van der Waals surface area contributed by atoms with Crippen LogP contribution in [-0.4, -0.2) is 24.0 Å². The smallest absolute Gasteiger partial charge is 0.251 e. The molecule has 0 unspecified atom stereocenters. The van der Waals surface area contributed by atoms with Gasteiger partial charge in [0.1, 0.15) is 11.0 Å². The lowest BCUT2D eigenvalue weighted by Crippen LogP contribution is -2.25. The molecule has 0 bridgehead atoms. The Kier molecular flexibility index (Phi) is 5.92. The number of amides is 1. The van der Waals surface area contributed by atoms with Gasteiger partial charge in [0.15, 0.2) is 0 Å². The Balaban J connectivity index is 2.66. The number of carbonyl (C=O) groups excluding carboxylic acids is 1. The van der Waals surface area contributed by atoms with Crippen molar-refractivity contribution in [2.45, 2.75) is 27.2 Å². The second-order valence-electron chi connectivity index (χ2n) is 4.53. The number of nitrogens with one attached hydrogen (secondary N) is 2. The van der Waals surface area contributed by atoms with Crippen LogP contribution in [0.2, 0.25) is 5.15 Å². The van der Waals surface area contributed by atoms with Crippen molar-refractivity contribution < 1.29 is 4.79 Å². The number of anilines is 1. The zero-order valence-electron chi connectivity index (χ0n) is 11.1. The number of hydrogen-bond donors (Lipinski definition) is 2. The van der Waals surface area contributed by atoms with Crippen molar-refractivity contribution in [3.63, 3.8) is 0 Å². The molecule has 0 radical (unpaired) electrons. The van der Waals surface area contributed by atoms with E-state index >= 15 is 0 Å². The molecule has 0 saturated heterocycles. The molecule has 0 fully saturated rings. The maximum Gasteiger partial charge on any atom is 0.251 e. The second-order valence-corrected chi connectivity index (χ2v) is 4.92. The van der Waals surface area contributed by atoms with Crippen LogP contribution in [0.1, 0.15) is 37.6 Å². The standard InChI is InChI=1S/C13H20ClN3O/c1-4-15-12-8-10(7-11(14)17-12)13(18)16-6-5-9(2)3/h7-9H,4-6H2,1-3H3,(H,15,17)(H,16,18). The molecule has 1 amide bonds. The van der Waals surface area contributed by atoms with E-state index in [4.69, 9.17) is 11.6 Å². The molecular formula is C13H20ClN3O. The fourth-order valence-electron chi connectivity index (χ4n) is 1.48. The molecular weight excluding hydrogens is 250 g/mol. The molecule has 0 aliphatic heterocycles. The molecule has 0 spiro atoms. The van der Waals surface area contributed by atoms with Gasteiger partial charge >= 0.3 is 0 Å². The van der Waals surface area contributed by atoms with Crippen molar-refractivity contribution in [2.24, 2.45) is 5.92 Å². The zero-order valence-corrected chi connectivity index (χ0v) is 11.8. The summed E-state index contributed by atoms with van der Waals surface area (Å²) in [7, 11) is 0. The Labute approximate surface area is 113 Å². The van der Waals surface area contributed by atoms with Gasteiger partial charge in [-0.2, -0.15) is 0 Å². The lowest BCUT2D eigenvalue weighted by molar-refractivity contribution is 0.0952. The van der Waals surface area contributed by atoms with Crippen molar-refractivity contribution in [3.05, 3.63) is 22.8 Å². The Hall–Kier alpha value is -1.29. The van der Waals surface area contributed by atoms with E-state index in [1.807, 2.05) is 6.92 Å². The van der Waals surface area contributed by atoms with Gasteiger partial charge in [-0.1, -0.05) is 25.4 Å². The number of carbonyl (C=O) groups is 1. The van der Waals surface area contributed by atoms with Crippen LogP contribution in [0.3, 0.4) is 0 Å². The minimum Gasteiger partial charge on any atom is -0.370 e. The fraction of sp³-hybridized carbons (Fsp3) is 0.538. The van der Waals surface area contributed by atoms with Crippen molar-refractivity contribution in [3.8, 4) is 0 Å². The monoisotopic (exact) mass is 269 g/mol. The Bertz CT molecular complexity index is 407. The second kappa shape index (κ2) is 7.21. The molecule has 18 heavy (non-hydrogen) atoms. The van der Waals surface area contributed by atoms with Crippen LogP contribution in [-0.2, 0) is 0 Å². The van der Waals surface area contributed by atoms with E-state index in [9.17, 15) is 4.79 Å². The highest BCUT2D eigenvalue weighted by molar-refractivity contribution is 6.29. The summed E-state index contributed by atoms with van der Waals surface area (Å²) >= 11 is 5.88. The summed E-state index contributed by atoms with van der Waals surface area (Å²) in [6.07, 6.45) is 0.963. The summed E-state index contributed by atoms with van der Waals surface area (Å²) in [5, 5.41) is 6.24. The fourth-order valence-corrected chi connectivity index (χ4v) is 1.68. The van der Waals surface area contributed by atoms with Crippen molar-refractivity contribution >= 4 is 23.3 Å². The summed E-state index contributed by atoms with van der Waals surface area (Å²) in [4.78, 5) is 16.0. The third-order valence-corrected chi connectivity index (χ3v) is 2.62. The van der Waals surface area contributed by atoms with Gasteiger partial charge in [0.05, 0.1) is 0 Å². The number of halogens is 1. The topological polar surface area (TPSA) is 54.0 Å². The van der Waals surface area contributed by atoms with Gasteiger partial charge in [-0.3, -0.25) is 4.79 Å². The van der Waals surface area contributed by atoms with E-state index in [0.717, 1.165) is 13.0 Å². The van der Waals surface area contributed by atoms with Crippen LogP contribution in [0.4, 0.5) is 5.82 Å². The molecule has 0 aliphatic rings. The lowest BCUT2D eigenvalue weighted by atomic mass is 10.1. The first-order valence-corrected chi connectivity index (χ1v) is 6.60. The van der Waals surface area contributed by atoms with E-state index in [0.29, 0.717) is 29.0 Å². The predicted molar refractivity (Wildman–Crippen MR) is 75.2 cm³/mol. The maximum absolute atomic E-state index is 11.9. The number of nitrogens with zero attached hydrogens (tertiary/aromatic N) is 1. The quantitative estimate of drug-likeness (QED) is 0.781. The normalized spacial score (nSPS) is 10.5. The van der Waals surface area contributed by atoms with Crippen LogP contribution in [0.15, 0.2) is 12.1 Å². The lowest BCUT2D eigenvalue weighted by Gasteiger charge is -2.09. The van der Waals surface area contributed by atoms with Crippen molar-refractivity contribution in [2.75, 3.05) is 18.4 Å². The van der Waals surface area contributed by atoms with E-state index in [1.54, 1.807) is 12.1 Å². The van der Waals surface area contributed by atoms with Crippen LogP contribution in [0.25, 0.3) is 0 Å². The summed E-state index contributed by atoms with van der Waals surface area (Å²) in [5.74, 6) is 1.08. The van der Waals surface area contributed by atoms with Crippen molar-refractivity contribution in [1.82, 2.24) is 10.3 Å². The molecule has 0 saturated carbocycles. The summed E-state index contributed by atoms with van der Waals surface area (Å²) in [6, 6.07) is 3.28. The van der Waals surface area contributed by atoms with Crippen LogP contribution < -0.4 is 10.6 Å². The Morgan fingerprint density at radius 1 is 1.44 bits per heavy atom. The SMILES string of the molecule is CCNc1cc(C(=O)NCCC(C)C)cc(Cl)n1. The maximum atomic E-state index is 11.9. The highest BCUT2D eigenvalue weighted by Crippen LogP contribution is 2.14. The molecule has 4 nitrogen and oxygen atoms in total. The zero-order chi connectivity index (χ0) is 13.5. The van der Waals surface area contributed by atoms with E-state index in [1.165, 1.54) is 0 Å². The van der Waals surface area contributed by atoms with Gasteiger partial charge in [0.25, 0.3) is 5.91 Å². The van der Waals surface area contributed by atoms with Gasteiger partial charge in [0.2, 0.25) is 0 Å². The minimum absolute atomic E-state index is 0.112. The van der Waals surface area contributed by atoms with E-state index in [2.05, 4.69) is 29.5 Å². The average molecular weight is 270 g/mol. The average Bonchev–Trinajstić information content (AvgIpc) is 2.28. The molecule has 0 atom stereocenters. The number of rotatable bonds is 6. The third-order valence-electron chi connectivity index (χ3n) is 2.42. The number of aromatic nitrogens is 1. The molecule has 0 aromatic carbocycles. The van der Waals surface area contributed by atoms with Gasteiger partial charge in [0, 0.05) is 18.7 Å². The molecule has 1 aromatic rings. The van der Waals surface area contributed by atoms with Gasteiger partial charge < -0.3 is 10.6 Å². The Morgan fingerprint density at radius 3 is 2.78 bits per heavy atom. The number of pyridine rings is 1. The first-order valence-electron chi connectivity index (χ1n) is 6.22. The highest BCUT2D eigenvalue weighted by atomic mass is 35.5. The first-order chi connectivity index (χ1) is 8.52. The summed E-state index contributed by atoms with van der Waals surface area (Å²) in [5.41, 5.74) is 0.537. The van der Waals surface area contributed by atoms with Crippen molar-refractivity contribution in [1.29, 1.82) is 0 Å². The molecule has 100 valence electrons. The molecule has 2 N–H and O–H groups in total. The number of hydrogen-bond acceptors (Lipinski definition) is 3. The summed E-state index contributed by atoms with van der Waals surface area (Å²) < 4.78 is 0. The van der Waals surface area contributed by atoms with Gasteiger partial charge in [-0.15, -0.1) is 0 Å². The van der Waals surface area contributed by atoms with Crippen LogP contribution in [0, 0.1) is 5.92 Å².